The molecule has 0 radical (unpaired) electrons. The monoisotopic (exact) mass is 342 g/mol. The summed E-state index contributed by atoms with van der Waals surface area (Å²) in [7, 11) is 0. The number of hydrogen-bond donors (Lipinski definition) is 2. The third kappa shape index (κ3) is 3.21. The number of hydrogen-bond acceptors (Lipinski definition) is 5. The number of rotatable bonds is 5. The van der Waals surface area contributed by atoms with Crippen LogP contribution in [-0.2, 0) is 0 Å². The van der Waals surface area contributed by atoms with Gasteiger partial charge in [0.15, 0.2) is 0 Å². The lowest BCUT2D eigenvalue weighted by molar-refractivity contribution is 0.477. The smallest absolute Gasteiger partial charge is 0.229 e. The van der Waals surface area contributed by atoms with Crippen molar-refractivity contribution in [3.05, 3.63) is 47.5 Å². The van der Waals surface area contributed by atoms with Crippen molar-refractivity contribution >= 4 is 40.0 Å². The molecule has 124 valence electrons. The molecule has 3 aromatic rings. The molecule has 0 aliphatic heterocycles. The second-order valence-corrected chi connectivity index (χ2v) is 5.78. The zero-order chi connectivity index (χ0) is 17.1. The van der Waals surface area contributed by atoms with Gasteiger partial charge in [-0.25, -0.2) is 4.98 Å². The van der Waals surface area contributed by atoms with Crippen LogP contribution in [0.4, 0.5) is 17.5 Å². The fraction of sp³-hybridized carbons (Fsp3) is 0.222. The lowest BCUT2D eigenvalue weighted by Crippen LogP contribution is -2.23. The van der Waals surface area contributed by atoms with Gasteiger partial charge < -0.3 is 15.3 Å². The third-order valence-corrected chi connectivity index (χ3v) is 4.09. The first kappa shape index (κ1) is 16.3. The van der Waals surface area contributed by atoms with E-state index in [1.54, 1.807) is 12.1 Å². The maximum Gasteiger partial charge on any atom is 0.229 e. The molecule has 1 heterocycles. The largest absolute Gasteiger partial charge is 0.506 e. The van der Waals surface area contributed by atoms with Gasteiger partial charge in [0.25, 0.3) is 0 Å². The predicted molar refractivity (Wildman–Crippen MR) is 99.5 cm³/mol. The minimum atomic E-state index is 0.0977. The highest BCUT2D eigenvalue weighted by atomic mass is 35.5. The van der Waals surface area contributed by atoms with Crippen molar-refractivity contribution in [2.45, 2.75) is 13.8 Å². The number of benzene rings is 2. The summed E-state index contributed by atoms with van der Waals surface area (Å²) in [6.45, 7) is 5.88. The van der Waals surface area contributed by atoms with E-state index in [-0.39, 0.29) is 5.75 Å². The van der Waals surface area contributed by atoms with E-state index < -0.39 is 0 Å². The van der Waals surface area contributed by atoms with Crippen molar-refractivity contribution in [1.82, 2.24) is 9.97 Å². The summed E-state index contributed by atoms with van der Waals surface area (Å²) >= 11 is 6.00. The molecular weight excluding hydrogens is 324 g/mol. The van der Waals surface area contributed by atoms with Crippen LogP contribution in [0.25, 0.3) is 10.9 Å². The average molecular weight is 343 g/mol. The molecule has 0 amide bonds. The Morgan fingerprint density at radius 3 is 2.58 bits per heavy atom. The van der Waals surface area contributed by atoms with E-state index in [4.69, 9.17) is 11.6 Å². The molecule has 0 unspecified atom stereocenters. The van der Waals surface area contributed by atoms with Gasteiger partial charge in [0.05, 0.1) is 11.2 Å². The second-order valence-electron chi connectivity index (χ2n) is 5.35. The van der Waals surface area contributed by atoms with E-state index in [1.165, 1.54) is 6.07 Å². The fourth-order valence-corrected chi connectivity index (χ4v) is 2.78. The Balaban J connectivity index is 2.10. The van der Waals surface area contributed by atoms with E-state index in [9.17, 15) is 5.11 Å². The second kappa shape index (κ2) is 6.93. The van der Waals surface area contributed by atoms with Crippen LogP contribution in [0, 0.1) is 0 Å². The molecule has 0 fully saturated rings. The molecular formula is C18H19ClN4O. The molecule has 0 saturated carbocycles. The van der Waals surface area contributed by atoms with E-state index in [1.807, 2.05) is 24.3 Å². The maximum absolute atomic E-state index is 9.99. The van der Waals surface area contributed by atoms with E-state index in [0.29, 0.717) is 16.7 Å². The molecule has 2 aromatic carbocycles. The van der Waals surface area contributed by atoms with Crippen molar-refractivity contribution < 1.29 is 5.11 Å². The number of halogens is 1. The summed E-state index contributed by atoms with van der Waals surface area (Å²) in [6.07, 6.45) is 0. The highest BCUT2D eigenvalue weighted by Crippen LogP contribution is 2.31. The van der Waals surface area contributed by atoms with Crippen LogP contribution < -0.4 is 10.2 Å². The quantitative estimate of drug-likeness (QED) is 0.664. The number of phenolic OH excluding ortho intramolecular Hbond substituents is 1. The van der Waals surface area contributed by atoms with E-state index in [2.05, 4.69) is 34.0 Å². The van der Waals surface area contributed by atoms with E-state index in [0.717, 1.165) is 29.8 Å². The molecule has 3 rings (SSSR count). The van der Waals surface area contributed by atoms with Crippen LogP contribution in [0.5, 0.6) is 5.75 Å². The molecule has 5 nitrogen and oxygen atoms in total. The average Bonchev–Trinajstić information content (AvgIpc) is 2.59. The summed E-state index contributed by atoms with van der Waals surface area (Å²) in [4.78, 5) is 11.4. The Morgan fingerprint density at radius 1 is 1.08 bits per heavy atom. The number of anilines is 3. The Kier molecular flexibility index (Phi) is 4.71. The lowest BCUT2D eigenvalue weighted by Gasteiger charge is -2.22. The van der Waals surface area contributed by atoms with Crippen LogP contribution in [-0.4, -0.2) is 28.2 Å². The molecule has 24 heavy (non-hydrogen) atoms. The maximum atomic E-state index is 9.99. The molecule has 1 aromatic heterocycles. The number of phenols is 1. The molecule has 6 heteroatoms. The van der Waals surface area contributed by atoms with Gasteiger partial charge in [0.2, 0.25) is 5.95 Å². The summed E-state index contributed by atoms with van der Waals surface area (Å²) in [5, 5.41) is 14.6. The SMILES string of the molecule is CCN(CC)c1nc(Nc2cc(Cl)ccc2O)nc2ccccc12. The summed E-state index contributed by atoms with van der Waals surface area (Å²) in [6, 6.07) is 12.7. The third-order valence-electron chi connectivity index (χ3n) is 3.85. The first-order valence-electron chi connectivity index (χ1n) is 7.89. The van der Waals surface area contributed by atoms with Gasteiger partial charge >= 0.3 is 0 Å². The van der Waals surface area contributed by atoms with Crippen LogP contribution in [0.1, 0.15) is 13.8 Å². The van der Waals surface area contributed by atoms with Crippen molar-refractivity contribution in [2.24, 2.45) is 0 Å². The Morgan fingerprint density at radius 2 is 1.83 bits per heavy atom. The van der Waals surface area contributed by atoms with Crippen LogP contribution in [0.3, 0.4) is 0 Å². The fourth-order valence-electron chi connectivity index (χ4n) is 2.61. The van der Waals surface area contributed by atoms with Gasteiger partial charge in [0, 0.05) is 23.5 Å². The Labute approximate surface area is 145 Å². The number of aromatic nitrogens is 2. The first-order valence-corrected chi connectivity index (χ1v) is 8.27. The van der Waals surface area contributed by atoms with E-state index >= 15 is 0 Å². The Hall–Kier alpha value is -2.53. The molecule has 0 atom stereocenters. The zero-order valence-corrected chi connectivity index (χ0v) is 14.4. The normalized spacial score (nSPS) is 10.8. The lowest BCUT2D eigenvalue weighted by atomic mass is 10.2. The van der Waals surface area contributed by atoms with Crippen molar-refractivity contribution in [3.63, 3.8) is 0 Å². The summed E-state index contributed by atoms with van der Waals surface area (Å²) in [5.74, 6) is 1.39. The number of nitrogens with zero attached hydrogens (tertiary/aromatic N) is 3. The van der Waals surface area contributed by atoms with Gasteiger partial charge in [0.1, 0.15) is 11.6 Å². The van der Waals surface area contributed by atoms with Gasteiger partial charge in [-0.15, -0.1) is 0 Å². The highest BCUT2D eigenvalue weighted by molar-refractivity contribution is 6.31. The molecule has 0 bridgehead atoms. The predicted octanol–water partition coefficient (Wildman–Crippen LogP) is 4.58. The summed E-state index contributed by atoms with van der Waals surface area (Å²) < 4.78 is 0. The molecule has 0 aliphatic rings. The molecule has 2 N–H and O–H groups in total. The molecule has 0 spiro atoms. The number of aromatic hydroxyl groups is 1. The minimum absolute atomic E-state index is 0.0977. The van der Waals surface area contributed by atoms with Crippen LogP contribution in [0.15, 0.2) is 42.5 Å². The zero-order valence-electron chi connectivity index (χ0n) is 13.6. The highest BCUT2D eigenvalue weighted by Gasteiger charge is 2.13. The number of para-hydroxylation sites is 1. The van der Waals surface area contributed by atoms with Gasteiger partial charge in [-0.3, -0.25) is 0 Å². The standard InChI is InChI=1S/C18H19ClN4O/c1-3-23(4-2)17-13-7-5-6-8-14(13)20-18(22-17)21-15-11-12(19)9-10-16(15)24/h5-11,24H,3-4H2,1-2H3,(H,20,21,22). The number of fused-ring (bicyclic) bond motifs is 1. The topological polar surface area (TPSA) is 61.3 Å². The van der Waals surface area contributed by atoms with Crippen LogP contribution in [0.2, 0.25) is 5.02 Å². The molecule has 0 aliphatic carbocycles. The van der Waals surface area contributed by atoms with Gasteiger partial charge in [-0.05, 0) is 44.2 Å². The first-order chi connectivity index (χ1) is 11.6. The van der Waals surface area contributed by atoms with Crippen LogP contribution >= 0.6 is 11.6 Å². The van der Waals surface area contributed by atoms with Crippen molar-refractivity contribution in [3.8, 4) is 5.75 Å². The van der Waals surface area contributed by atoms with Gasteiger partial charge in [-0.1, -0.05) is 23.7 Å². The summed E-state index contributed by atoms with van der Waals surface area (Å²) in [5.41, 5.74) is 1.32. The minimum Gasteiger partial charge on any atom is -0.506 e. The van der Waals surface area contributed by atoms with Gasteiger partial charge in [-0.2, -0.15) is 4.98 Å². The molecule has 0 saturated heterocycles. The Bertz CT molecular complexity index is 865. The number of nitrogens with one attached hydrogen (secondary N) is 1. The van der Waals surface area contributed by atoms with Crippen molar-refractivity contribution in [2.75, 3.05) is 23.3 Å². The van der Waals surface area contributed by atoms with Crippen molar-refractivity contribution in [1.29, 1.82) is 0 Å².